The van der Waals surface area contributed by atoms with Crippen LogP contribution in [-0.4, -0.2) is 8.42 Å². The maximum Gasteiger partial charge on any atom is 0.247 e. The lowest BCUT2D eigenvalue weighted by Gasteiger charge is -1.87. The van der Waals surface area contributed by atoms with Gasteiger partial charge in [0, 0.05) is 5.92 Å². The zero-order valence-corrected chi connectivity index (χ0v) is 7.95. The molecule has 0 aliphatic rings. The normalized spacial score (nSPS) is 9.85. The molecule has 0 saturated heterocycles. The highest BCUT2D eigenvalue weighted by molar-refractivity contribution is 7.91. The van der Waals surface area contributed by atoms with E-state index in [1.165, 1.54) is 12.1 Å². The third-order valence-electron chi connectivity index (χ3n) is 1.10. The molecule has 1 heterocycles. The van der Waals surface area contributed by atoms with Gasteiger partial charge in [-0.25, -0.2) is 13.6 Å². The summed E-state index contributed by atoms with van der Waals surface area (Å²) in [4.78, 5) is 0.505. The SMILES string of the molecule is N#CC#Cc1ccc(S(N)(=O)=O)s1. The minimum atomic E-state index is -3.64. The second-order valence-corrected chi connectivity index (χ2v) is 4.90. The fourth-order valence-electron chi connectivity index (χ4n) is 0.630. The van der Waals surface area contributed by atoms with Crippen molar-refractivity contribution in [3.63, 3.8) is 0 Å². The second-order valence-electron chi connectivity index (χ2n) is 2.03. The molecule has 1 aromatic rings. The highest BCUT2D eigenvalue weighted by atomic mass is 32.2. The standard InChI is InChI=1S/C7H4N2O2S2/c8-5-1-2-6-3-4-7(12-6)13(9,10)11/h3-4H,(H2,9,10,11). The van der Waals surface area contributed by atoms with Crippen LogP contribution in [0, 0.1) is 23.2 Å². The number of sulfonamides is 1. The van der Waals surface area contributed by atoms with Crippen LogP contribution in [0.5, 0.6) is 0 Å². The first-order chi connectivity index (χ1) is 6.04. The van der Waals surface area contributed by atoms with E-state index in [-0.39, 0.29) is 4.21 Å². The van der Waals surface area contributed by atoms with Crippen molar-refractivity contribution in [2.24, 2.45) is 5.14 Å². The Labute approximate surface area is 79.7 Å². The molecule has 0 bridgehead atoms. The predicted octanol–water partition coefficient (Wildman–Crippen LogP) is 0.271. The first kappa shape index (κ1) is 9.75. The summed E-state index contributed by atoms with van der Waals surface area (Å²) in [6.07, 6.45) is 0. The number of hydrogen-bond donors (Lipinski definition) is 1. The summed E-state index contributed by atoms with van der Waals surface area (Å²) in [7, 11) is -3.64. The van der Waals surface area contributed by atoms with Crippen molar-refractivity contribution >= 4 is 21.4 Å². The molecule has 4 nitrogen and oxygen atoms in total. The first-order valence-electron chi connectivity index (χ1n) is 3.07. The average molecular weight is 212 g/mol. The quantitative estimate of drug-likeness (QED) is 0.678. The van der Waals surface area contributed by atoms with Crippen LogP contribution in [0.1, 0.15) is 4.88 Å². The Hall–Kier alpha value is -1.34. The minimum absolute atomic E-state index is 0.0507. The minimum Gasteiger partial charge on any atom is -0.224 e. The van der Waals surface area contributed by atoms with Crippen molar-refractivity contribution in [3.05, 3.63) is 17.0 Å². The Kier molecular flexibility index (Phi) is 2.69. The maximum absolute atomic E-state index is 10.8. The van der Waals surface area contributed by atoms with Gasteiger partial charge in [0.15, 0.2) is 6.07 Å². The van der Waals surface area contributed by atoms with Crippen LogP contribution in [0.2, 0.25) is 0 Å². The molecule has 0 atom stereocenters. The molecule has 66 valence electrons. The highest BCUT2D eigenvalue weighted by Gasteiger charge is 2.09. The zero-order valence-electron chi connectivity index (χ0n) is 6.31. The topological polar surface area (TPSA) is 83.9 Å². The van der Waals surface area contributed by atoms with Crippen LogP contribution in [0.25, 0.3) is 0 Å². The Morgan fingerprint density at radius 2 is 2.15 bits per heavy atom. The number of primary sulfonamides is 1. The summed E-state index contributed by atoms with van der Waals surface area (Å²) in [5.41, 5.74) is 0. The fourth-order valence-corrected chi connectivity index (χ4v) is 2.21. The third kappa shape index (κ3) is 2.56. The van der Waals surface area contributed by atoms with Crippen LogP contribution < -0.4 is 5.14 Å². The molecule has 0 spiro atoms. The van der Waals surface area contributed by atoms with E-state index in [1.54, 1.807) is 6.07 Å². The maximum atomic E-state index is 10.8. The van der Waals surface area contributed by atoms with Crippen molar-refractivity contribution in [1.29, 1.82) is 5.26 Å². The van der Waals surface area contributed by atoms with E-state index in [4.69, 9.17) is 10.4 Å². The van der Waals surface area contributed by atoms with Gasteiger partial charge in [-0.1, -0.05) is 0 Å². The average Bonchev–Trinajstić information content (AvgIpc) is 2.47. The lowest BCUT2D eigenvalue weighted by atomic mass is 10.5. The van der Waals surface area contributed by atoms with E-state index in [0.717, 1.165) is 11.3 Å². The van der Waals surface area contributed by atoms with Crippen LogP contribution in [0.15, 0.2) is 16.3 Å². The lowest BCUT2D eigenvalue weighted by molar-refractivity contribution is 0.600. The first-order valence-corrected chi connectivity index (χ1v) is 5.43. The summed E-state index contributed by atoms with van der Waals surface area (Å²) >= 11 is 0.942. The highest BCUT2D eigenvalue weighted by Crippen LogP contribution is 2.18. The molecule has 0 unspecified atom stereocenters. The largest absolute Gasteiger partial charge is 0.247 e. The van der Waals surface area contributed by atoms with Crippen LogP contribution >= 0.6 is 11.3 Å². The number of nitrogens with zero attached hydrogens (tertiary/aromatic N) is 1. The van der Waals surface area contributed by atoms with E-state index < -0.39 is 10.0 Å². The van der Waals surface area contributed by atoms with Gasteiger partial charge in [0.2, 0.25) is 10.0 Å². The molecule has 0 aromatic carbocycles. The molecule has 2 N–H and O–H groups in total. The summed E-state index contributed by atoms with van der Waals surface area (Å²) in [5.74, 6) is 4.63. The Balaban J connectivity index is 3.09. The van der Waals surface area contributed by atoms with Crippen molar-refractivity contribution in [2.75, 3.05) is 0 Å². The van der Waals surface area contributed by atoms with Crippen molar-refractivity contribution in [1.82, 2.24) is 0 Å². The Morgan fingerprint density at radius 3 is 2.62 bits per heavy atom. The van der Waals surface area contributed by atoms with E-state index in [0.29, 0.717) is 4.88 Å². The van der Waals surface area contributed by atoms with E-state index in [9.17, 15) is 8.42 Å². The number of nitriles is 1. The summed E-state index contributed by atoms with van der Waals surface area (Å²) < 4.78 is 21.6. The van der Waals surface area contributed by atoms with Crippen molar-refractivity contribution in [3.8, 4) is 17.9 Å². The number of nitrogens with two attached hydrogens (primary N) is 1. The number of rotatable bonds is 1. The molecule has 0 radical (unpaired) electrons. The smallest absolute Gasteiger partial charge is 0.224 e. The van der Waals surface area contributed by atoms with Crippen LogP contribution in [-0.2, 0) is 10.0 Å². The predicted molar refractivity (Wildman–Crippen MR) is 48.2 cm³/mol. The van der Waals surface area contributed by atoms with E-state index >= 15 is 0 Å². The van der Waals surface area contributed by atoms with Crippen LogP contribution in [0.3, 0.4) is 0 Å². The summed E-state index contributed by atoms with van der Waals surface area (Å²) in [6, 6.07) is 4.50. The monoisotopic (exact) mass is 212 g/mol. The summed E-state index contributed by atoms with van der Waals surface area (Å²) in [6.45, 7) is 0. The van der Waals surface area contributed by atoms with E-state index in [1.807, 2.05) is 0 Å². The summed E-state index contributed by atoms with van der Waals surface area (Å²) in [5, 5.41) is 13.0. The molecule has 1 aromatic heterocycles. The van der Waals surface area contributed by atoms with Gasteiger partial charge >= 0.3 is 0 Å². The van der Waals surface area contributed by atoms with Crippen molar-refractivity contribution < 1.29 is 8.42 Å². The van der Waals surface area contributed by atoms with Gasteiger partial charge in [-0.05, 0) is 18.1 Å². The van der Waals surface area contributed by atoms with Gasteiger partial charge < -0.3 is 0 Å². The van der Waals surface area contributed by atoms with E-state index in [2.05, 4.69) is 11.8 Å². The van der Waals surface area contributed by atoms with Gasteiger partial charge in [-0.2, -0.15) is 5.26 Å². The molecular formula is C7H4N2O2S2. The van der Waals surface area contributed by atoms with Crippen molar-refractivity contribution in [2.45, 2.75) is 4.21 Å². The molecule has 0 amide bonds. The Morgan fingerprint density at radius 1 is 1.46 bits per heavy atom. The molecule has 13 heavy (non-hydrogen) atoms. The number of thiophene rings is 1. The lowest BCUT2D eigenvalue weighted by Crippen LogP contribution is -2.09. The van der Waals surface area contributed by atoms with Gasteiger partial charge in [0.25, 0.3) is 0 Å². The molecule has 0 aliphatic carbocycles. The molecule has 0 saturated carbocycles. The third-order valence-corrected chi connectivity index (χ3v) is 3.54. The molecule has 0 fully saturated rings. The van der Waals surface area contributed by atoms with Gasteiger partial charge in [0.05, 0.1) is 4.88 Å². The molecular weight excluding hydrogens is 208 g/mol. The van der Waals surface area contributed by atoms with Gasteiger partial charge in [-0.15, -0.1) is 11.3 Å². The van der Waals surface area contributed by atoms with Gasteiger partial charge in [0.1, 0.15) is 4.21 Å². The second kappa shape index (κ2) is 3.58. The zero-order chi connectivity index (χ0) is 9.90. The van der Waals surface area contributed by atoms with Gasteiger partial charge in [-0.3, -0.25) is 0 Å². The fraction of sp³-hybridized carbons (Fsp3) is 0. The number of hydrogen-bond acceptors (Lipinski definition) is 4. The Bertz CT molecular complexity index is 511. The molecule has 0 aliphatic heterocycles. The molecule has 1 rings (SSSR count). The van der Waals surface area contributed by atoms with Crippen LogP contribution in [0.4, 0.5) is 0 Å². The molecule has 6 heteroatoms.